The maximum Gasteiger partial charge on any atom is 0.137 e. The van der Waals surface area contributed by atoms with Crippen molar-refractivity contribution in [3.05, 3.63) is 34.1 Å². The Morgan fingerprint density at radius 2 is 2.19 bits per heavy atom. The molecule has 0 saturated carbocycles. The van der Waals surface area contributed by atoms with Crippen LogP contribution in [0.4, 0.5) is 4.39 Å². The van der Waals surface area contributed by atoms with Gasteiger partial charge in [0.15, 0.2) is 0 Å². The van der Waals surface area contributed by atoms with Gasteiger partial charge in [0.25, 0.3) is 0 Å². The fraction of sp³-hybridized carbons (Fsp3) is 0.647. The van der Waals surface area contributed by atoms with Gasteiger partial charge in [0.05, 0.1) is 4.47 Å². The van der Waals surface area contributed by atoms with Crippen LogP contribution in [0.1, 0.15) is 44.2 Å². The van der Waals surface area contributed by atoms with Gasteiger partial charge in [-0.05, 0) is 85.5 Å². The third-order valence-electron chi connectivity index (χ3n) is 4.37. The molecule has 0 aromatic heterocycles. The van der Waals surface area contributed by atoms with E-state index in [1.54, 1.807) is 6.07 Å². The standard InChI is InChI=1S/C17H26BrFN2/c1-3-9-21-10-5-4-6-14(12-20-2)17(21)13-7-8-16(19)15(18)11-13/h7-8,11,14,17,20H,3-6,9-10,12H2,1-2H3. The quantitative estimate of drug-likeness (QED) is 0.842. The minimum absolute atomic E-state index is 0.181. The van der Waals surface area contributed by atoms with Gasteiger partial charge >= 0.3 is 0 Å². The van der Waals surface area contributed by atoms with Gasteiger partial charge in [-0.2, -0.15) is 0 Å². The lowest BCUT2D eigenvalue weighted by atomic mass is 9.89. The topological polar surface area (TPSA) is 15.3 Å². The van der Waals surface area contributed by atoms with E-state index >= 15 is 0 Å². The van der Waals surface area contributed by atoms with Crippen molar-refractivity contribution in [1.82, 2.24) is 10.2 Å². The molecule has 4 heteroatoms. The Kier molecular flexibility index (Phi) is 6.65. The molecule has 0 amide bonds. The Labute approximate surface area is 136 Å². The predicted molar refractivity (Wildman–Crippen MR) is 90.0 cm³/mol. The van der Waals surface area contributed by atoms with Crippen LogP contribution in [0.5, 0.6) is 0 Å². The molecule has 2 rings (SSSR count). The van der Waals surface area contributed by atoms with Crippen molar-refractivity contribution >= 4 is 15.9 Å². The summed E-state index contributed by atoms with van der Waals surface area (Å²) in [5, 5.41) is 3.34. The number of hydrogen-bond donors (Lipinski definition) is 1. The lowest BCUT2D eigenvalue weighted by molar-refractivity contribution is 0.154. The number of likely N-dealkylation sites (tertiary alicyclic amines) is 1. The van der Waals surface area contributed by atoms with E-state index in [4.69, 9.17) is 0 Å². The van der Waals surface area contributed by atoms with Crippen LogP contribution in [-0.4, -0.2) is 31.6 Å². The molecule has 1 saturated heterocycles. The zero-order chi connectivity index (χ0) is 15.2. The summed E-state index contributed by atoms with van der Waals surface area (Å²) in [6.45, 7) is 5.50. The molecule has 1 N–H and O–H groups in total. The number of benzene rings is 1. The smallest absolute Gasteiger partial charge is 0.137 e. The second-order valence-corrected chi connectivity index (χ2v) is 6.82. The van der Waals surface area contributed by atoms with E-state index in [0.29, 0.717) is 16.4 Å². The summed E-state index contributed by atoms with van der Waals surface area (Å²) >= 11 is 3.34. The van der Waals surface area contributed by atoms with E-state index in [9.17, 15) is 4.39 Å². The lowest BCUT2D eigenvalue weighted by Gasteiger charge is -2.35. The molecular formula is C17H26BrFN2. The molecule has 1 aromatic carbocycles. The van der Waals surface area contributed by atoms with E-state index in [1.165, 1.54) is 24.8 Å². The molecule has 1 aromatic rings. The Morgan fingerprint density at radius 3 is 2.86 bits per heavy atom. The van der Waals surface area contributed by atoms with Gasteiger partial charge in [0.2, 0.25) is 0 Å². The zero-order valence-electron chi connectivity index (χ0n) is 13.0. The summed E-state index contributed by atoms with van der Waals surface area (Å²) in [4.78, 5) is 2.59. The third-order valence-corrected chi connectivity index (χ3v) is 4.98. The van der Waals surface area contributed by atoms with Crippen LogP contribution >= 0.6 is 15.9 Å². The normalized spacial score (nSPS) is 24.0. The van der Waals surface area contributed by atoms with Crippen LogP contribution in [0.15, 0.2) is 22.7 Å². The minimum Gasteiger partial charge on any atom is -0.319 e. The highest BCUT2D eigenvalue weighted by Crippen LogP contribution is 2.36. The molecule has 0 aliphatic carbocycles. The Morgan fingerprint density at radius 1 is 1.38 bits per heavy atom. The summed E-state index contributed by atoms with van der Waals surface area (Å²) in [5.41, 5.74) is 1.24. The minimum atomic E-state index is -0.181. The lowest BCUT2D eigenvalue weighted by Crippen LogP contribution is -2.36. The number of nitrogens with one attached hydrogen (secondary N) is 1. The second-order valence-electron chi connectivity index (χ2n) is 5.97. The van der Waals surface area contributed by atoms with Crippen LogP contribution < -0.4 is 5.32 Å². The Hall–Kier alpha value is -0.450. The van der Waals surface area contributed by atoms with Crippen LogP contribution in [-0.2, 0) is 0 Å². The van der Waals surface area contributed by atoms with E-state index in [-0.39, 0.29) is 5.82 Å². The summed E-state index contributed by atoms with van der Waals surface area (Å²) in [6.07, 6.45) is 4.94. The molecule has 2 nitrogen and oxygen atoms in total. The van der Waals surface area contributed by atoms with Crippen LogP contribution in [0.25, 0.3) is 0 Å². The van der Waals surface area contributed by atoms with Crippen molar-refractivity contribution in [3.63, 3.8) is 0 Å². The molecule has 0 radical (unpaired) electrons. The first-order valence-electron chi connectivity index (χ1n) is 8.01. The molecule has 2 atom stereocenters. The Balaban J connectivity index is 2.34. The molecule has 1 heterocycles. The first-order valence-corrected chi connectivity index (χ1v) is 8.80. The molecule has 0 spiro atoms. The van der Waals surface area contributed by atoms with E-state index < -0.39 is 0 Å². The van der Waals surface area contributed by atoms with Gasteiger partial charge in [-0.25, -0.2) is 4.39 Å². The van der Waals surface area contributed by atoms with Gasteiger partial charge in [-0.1, -0.05) is 19.4 Å². The molecular weight excluding hydrogens is 331 g/mol. The van der Waals surface area contributed by atoms with Crippen molar-refractivity contribution in [3.8, 4) is 0 Å². The van der Waals surface area contributed by atoms with E-state index in [0.717, 1.165) is 26.1 Å². The summed E-state index contributed by atoms with van der Waals surface area (Å²) in [5.74, 6) is 0.404. The first-order chi connectivity index (χ1) is 10.2. The zero-order valence-corrected chi connectivity index (χ0v) is 14.6. The van der Waals surface area contributed by atoms with Gasteiger partial charge in [-0.3, -0.25) is 4.90 Å². The van der Waals surface area contributed by atoms with Gasteiger partial charge in [-0.15, -0.1) is 0 Å². The molecule has 1 fully saturated rings. The summed E-state index contributed by atoms with van der Waals surface area (Å²) in [6, 6.07) is 5.90. The van der Waals surface area contributed by atoms with Crippen molar-refractivity contribution in [1.29, 1.82) is 0 Å². The fourth-order valence-electron chi connectivity index (χ4n) is 3.51. The largest absolute Gasteiger partial charge is 0.319 e. The summed E-state index contributed by atoms with van der Waals surface area (Å²) < 4.78 is 14.1. The number of rotatable bonds is 5. The highest BCUT2D eigenvalue weighted by Gasteiger charge is 2.30. The molecule has 1 aliphatic heterocycles. The highest BCUT2D eigenvalue weighted by molar-refractivity contribution is 9.10. The molecule has 1 aliphatic rings. The SMILES string of the molecule is CCCN1CCCCC(CNC)C1c1ccc(F)c(Br)c1. The monoisotopic (exact) mass is 356 g/mol. The Bertz CT molecular complexity index is 436. The number of hydrogen-bond acceptors (Lipinski definition) is 2. The fourth-order valence-corrected chi connectivity index (χ4v) is 3.91. The summed E-state index contributed by atoms with van der Waals surface area (Å²) in [7, 11) is 2.02. The third kappa shape index (κ3) is 4.27. The molecule has 21 heavy (non-hydrogen) atoms. The van der Waals surface area contributed by atoms with Crippen LogP contribution in [0.2, 0.25) is 0 Å². The van der Waals surface area contributed by atoms with Crippen LogP contribution in [0.3, 0.4) is 0 Å². The maximum atomic E-state index is 13.6. The molecule has 118 valence electrons. The van der Waals surface area contributed by atoms with Crippen LogP contribution in [0, 0.1) is 11.7 Å². The average molecular weight is 357 g/mol. The molecule has 0 bridgehead atoms. The highest BCUT2D eigenvalue weighted by atomic mass is 79.9. The van der Waals surface area contributed by atoms with Gasteiger partial charge < -0.3 is 5.32 Å². The predicted octanol–water partition coefficient (Wildman–Crippen LogP) is 4.36. The van der Waals surface area contributed by atoms with Gasteiger partial charge in [0, 0.05) is 6.04 Å². The first kappa shape index (κ1) is 16.9. The van der Waals surface area contributed by atoms with Gasteiger partial charge in [0.1, 0.15) is 5.82 Å². The number of nitrogens with zero attached hydrogens (tertiary/aromatic N) is 1. The number of halogens is 2. The van der Waals surface area contributed by atoms with E-state index in [1.807, 2.05) is 19.2 Å². The second kappa shape index (κ2) is 8.25. The maximum absolute atomic E-state index is 13.6. The van der Waals surface area contributed by atoms with Crippen molar-refractivity contribution < 1.29 is 4.39 Å². The van der Waals surface area contributed by atoms with Crippen molar-refractivity contribution in [2.75, 3.05) is 26.7 Å². The van der Waals surface area contributed by atoms with E-state index in [2.05, 4.69) is 33.1 Å². The molecule has 2 unspecified atom stereocenters. The van der Waals surface area contributed by atoms with Crippen molar-refractivity contribution in [2.45, 2.75) is 38.6 Å². The van der Waals surface area contributed by atoms with Crippen molar-refractivity contribution in [2.24, 2.45) is 5.92 Å². The average Bonchev–Trinajstić information content (AvgIpc) is 2.66.